The molecule has 0 radical (unpaired) electrons. The Bertz CT molecular complexity index is 261. The lowest BCUT2D eigenvalue weighted by atomic mass is 10.1. The summed E-state index contributed by atoms with van der Waals surface area (Å²) in [7, 11) is 0. The van der Waals surface area contributed by atoms with Gasteiger partial charge in [0, 0.05) is 6.61 Å². The van der Waals surface area contributed by atoms with Crippen molar-refractivity contribution in [2.45, 2.75) is 89.1 Å². The third kappa shape index (κ3) is 7.38. The molecule has 3 N–H and O–H groups in total. The van der Waals surface area contributed by atoms with Crippen LogP contribution in [0, 0.1) is 0 Å². The van der Waals surface area contributed by atoms with E-state index in [1.807, 2.05) is 0 Å². The average Bonchev–Trinajstić information content (AvgIpc) is 2.85. The topological polar surface area (TPSA) is 79.2 Å². The van der Waals surface area contributed by atoms with E-state index in [0.29, 0.717) is 6.61 Å². The molecule has 0 unspecified atom stereocenters. The van der Waals surface area contributed by atoms with Crippen molar-refractivity contribution in [3.63, 3.8) is 0 Å². The second-order valence-electron chi connectivity index (χ2n) is 6.28. The molecule has 22 heavy (non-hydrogen) atoms. The van der Waals surface area contributed by atoms with E-state index in [-0.39, 0.29) is 13.2 Å². The summed E-state index contributed by atoms with van der Waals surface area (Å²) in [5.74, 6) is 0. The van der Waals surface area contributed by atoms with Gasteiger partial charge in [-0.15, -0.1) is 0 Å². The number of ether oxygens (including phenoxy) is 2. The summed E-state index contributed by atoms with van der Waals surface area (Å²) in [6.45, 7) is 2.69. The molecule has 1 heterocycles. The molecule has 1 aliphatic heterocycles. The van der Waals surface area contributed by atoms with E-state index in [9.17, 15) is 15.3 Å². The highest BCUT2D eigenvalue weighted by atomic mass is 16.6. The zero-order valence-corrected chi connectivity index (χ0v) is 14.0. The molecule has 0 aromatic rings. The molecule has 4 atom stereocenters. The standard InChI is InChI=1S/C17H34O5/c1-2-3-4-5-6-7-8-9-10-11-21-15(12-18)17-16(20)14(19)13-22-17/h14-20H,2-13H2,1H3/t14-,15+,16-,17-/m0/s1. The molecule has 1 fully saturated rings. The molecule has 132 valence electrons. The van der Waals surface area contributed by atoms with Gasteiger partial charge in [-0.05, 0) is 6.42 Å². The van der Waals surface area contributed by atoms with E-state index in [1.165, 1.54) is 44.9 Å². The van der Waals surface area contributed by atoms with Crippen LogP contribution in [-0.4, -0.2) is 59.6 Å². The molecule has 0 saturated carbocycles. The monoisotopic (exact) mass is 318 g/mol. The van der Waals surface area contributed by atoms with E-state index in [2.05, 4.69) is 6.92 Å². The minimum Gasteiger partial charge on any atom is -0.394 e. The van der Waals surface area contributed by atoms with E-state index < -0.39 is 24.4 Å². The molecule has 0 bridgehead atoms. The summed E-state index contributed by atoms with van der Waals surface area (Å²) < 4.78 is 10.9. The van der Waals surface area contributed by atoms with Crippen LogP contribution in [0.4, 0.5) is 0 Å². The maximum Gasteiger partial charge on any atom is 0.114 e. The number of rotatable bonds is 13. The Hall–Kier alpha value is -0.200. The highest BCUT2D eigenvalue weighted by Gasteiger charge is 2.40. The van der Waals surface area contributed by atoms with Crippen molar-refractivity contribution in [2.24, 2.45) is 0 Å². The van der Waals surface area contributed by atoms with E-state index in [0.717, 1.165) is 12.8 Å². The van der Waals surface area contributed by atoms with Crippen LogP contribution >= 0.6 is 0 Å². The third-order valence-electron chi connectivity index (χ3n) is 4.32. The molecule has 1 saturated heterocycles. The highest BCUT2D eigenvalue weighted by Crippen LogP contribution is 2.20. The first-order valence-electron chi connectivity index (χ1n) is 8.90. The molecule has 0 amide bonds. The highest BCUT2D eigenvalue weighted by molar-refractivity contribution is 4.88. The molecule has 1 rings (SSSR count). The lowest BCUT2D eigenvalue weighted by molar-refractivity contribution is -0.101. The van der Waals surface area contributed by atoms with Crippen molar-refractivity contribution in [3.05, 3.63) is 0 Å². The number of hydrogen-bond donors (Lipinski definition) is 3. The Morgan fingerprint density at radius 3 is 2.09 bits per heavy atom. The van der Waals surface area contributed by atoms with Gasteiger partial charge in [-0.3, -0.25) is 0 Å². The lowest BCUT2D eigenvalue weighted by Gasteiger charge is -2.24. The predicted molar refractivity (Wildman–Crippen MR) is 85.8 cm³/mol. The van der Waals surface area contributed by atoms with Gasteiger partial charge in [0.15, 0.2) is 0 Å². The Morgan fingerprint density at radius 2 is 1.59 bits per heavy atom. The first-order chi connectivity index (χ1) is 10.7. The minimum absolute atomic E-state index is 0.101. The van der Waals surface area contributed by atoms with Crippen LogP contribution in [0.2, 0.25) is 0 Å². The van der Waals surface area contributed by atoms with Crippen molar-refractivity contribution in [1.82, 2.24) is 0 Å². The van der Waals surface area contributed by atoms with Gasteiger partial charge in [-0.25, -0.2) is 0 Å². The summed E-state index contributed by atoms with van der Waals surface area (Å²) in [5, 5.41) is 28.5. The second-order valence-corrected chi connectivity index (χ2v) is 6.28. The second kappa shape index (κ2) is 12.3. The van der Waals surface area contributed by atoms with E-state index in [4.69, 9.17) is 9.47 Å². The maximum absolute atomic E-state index is 9.75. The summed E-state index contributed by atoms with van der Waals surface area (Å²) in [4.78, 5) is 0. The fraction of sp³-hybridized carbons (Fsp3) is 1.00. The Morgan fingerprint density at radius 1 is 1.00 bits per heavy atom. The number of aliphatic hydroxyl groups excluding tert-OH is 3. The van der Waals surface area contributed by atoms with E-state index in [1.54, 1.807) is 0 Å². The first kappa shape index (κ1) is 19.8. The minimum atomic E-state index is -0.972. The molecule has 0 aromatic carbocycles. The molecular weight excluding hydrogens is 284 g/mol. The zero-order chi connectivity index (χ0) is 16.2. The predicted octanol–water partition coefficient (Wildman–Crippen LogP) is 2.02. The number of hydrogen-bond acceptors (Lipinski definition) is 5. The van der Waals surface area contributed by atoms with Crippen LogP contribution in [0.3, 0.4) is 0 Å². The smallest absolute Gasteiger partial charge is 0.114 e. The van der Waals surface area contributed by atoms with Crippen LogP contribution in [0.5, 0.6) is 0 Å². The van der Waals surface area contributed by atoms with Crippen LogP contribution in [0.25, 0.3) is 0 Å². The summed E-state index contributed by atoms with van der Waals surface area (Å²) in [6.07, 6.45) is 8.21. The molecule has 1 aliphatic rings. The van der Waals surface area contributed by atoms with Crippen molar-refractivity contribution in [1.29, 1.82) is 0 Å². The fourth-order valence-corrected chi connectivity index (χ4v) is 2.85. The van der Waals surface area contributed by atoms with Gasteiger partial charge in [0.05, 0.1) is 13.2 Å². The molecule has 5 nitrogen and oxygen atoms in total. The quantitative estimate of drug-likeness (QED) is 0.453. The third-order valence-corrected chi connectivity index (χ3v) is 4.32. The Kier molecular flexibility index (Phi) is 11.1. The fourth-order valence-electron chi connectivity index (χ4n) is 2.85. The number of unbranched alkanes of at least 4 members (excludes halogenated alkanes) is 8. The number of aliphatic hydroxyl groups is 3. The molecule has 0 spiro atoms. The van der Waals surface area contributed by atoms with Crippen molar-refractivity contribution < 1.29 is 24.8 Å². The van der Waals surface area contributed by atoms with Gasteiger partial charge < -0.3 is 24.8 Å². The normalized spacial score (nSPS) is 26.5. The van der Waals surface area contributed by atoms with Crippen LogP contribution in [0.1, 0.15) is 64.7 Å². The van der Waals surface area contributed by atoms with Gasteiger partial charge >= 0.3 is 0 Å². The van der Waals surface area contributed by atoms with Gasteiger partial charge in [0.2, 0.25) is 0 Å². The van der Waals surface area contributed by atoms with Gasteiger partial charge in [-0.1, -0.05) is 58.3 Å². The molecular formula is C17H34O5. The molecule has 0 aromatic heterocycles. The van der Waals surface area contributed by atoms with Crippen molar-refractivity contribution in [3.8, 4) is 0 Å². The average molecular weight is 318 g/mol. The van der Waals surface area contributed by atoms with Crippen LogP contribution < -0.4 is 0 Å². The van der Waals surface area contributed by atoms with Crippen molar-refractivity contribution >= 4 is 0 Å². The summed E-state index contributed by atoms with van der Waals surface area (Å²) >= 11 is 0. The van der Waals surface area contributed by atoms with Gasteiger partial charge in [0.1, 0.15) is 24.4 Å². The van der Waals surface area contributed by atoms with Gasteiger partial charge in [-0.2, -0.15) is 0 Å². The molecule has 5 heteroatoms. The maximum atomic E-state index is 9.75. The lowest BCUT2D eigenvalue weighted by Crippen LogP contribution is -2.42. The van der Waals surface area contributed by atoms with E-state index >= 15 is 0 Å². The molecule has 0 aliphatic carbocycles. The zero-order valence-electron chi connectivity index (χ0n) is 14.0. The Balaban J connectivity index is 1.98. The van der Waals surface area contributed by atoms with Crippen LogP contribution in [0.15, 0.2) is 0 Å². The van der Waals surface area contributed by atoms with Gasteiger partial charge in [0.25, 0.3) is 0 Å². The first-order valence-corrected chi connectivity index (χ1v) is 8.90. The van der Waals surface area contributed by atoms with Crippen molar-refractivity contribution in [2.75, 3.05) is 19.8 Å². The Labute approximate surface area is 134 Å². The largest absolute Gasteiger partial charge is 0.394 e. The summed E-state index contributed by atoms with van der Waals surface area (Å²) in [6, 6.07) is 0. The van der Waals surface area contributed by atoms with Crippen LogP contribution in [-0.2, 0) is 9.47 Å². The summed E-state index contributed by atoms with van der Waals surface area (Å²) in [5.41, 5.74) is 0. The SMILES string of the molecule is CCCCCCCCCCCO[C@H](CO)[C@@H]1OC[C@H](O)[C@@H]1O.